The van der Waals surface area contributed by atoms with Gasteiger partial charge in [-0.3, -0.25) is 9.59 Å². The van der Waals surface area contributed by atoms with E-state index in [2.05, 4.69) is 10.6 Å². The highest BCUT2D eigenvalue weighted by Crippen LogP contribution is 2.08. The molecular weight excluding hydrogens is 376 g/mol. The first-order chi connectivity index (χ1) is 14.7. The van der Waals surface area contributed by atoms with Crippen molar-refractivity contribution in [2.75, 3.05) is 13.2 Å². The summed E-state index contributed by atoms with van der Waals surface area (Å²) in [6.45, 7) is 0.358. The summed E-state index contributed by atoms with van der Waals surface area (Å²) in [6, 6.07) is 28.0. The topological polar surface area (TPSA) is 67.4 Å². The predicted molar refractivity (Wildman–Crippen MR) is 117 cm³/mol. The van der Waals surface area contributed by atoms with E-state index in [0.29, 0.717) is 18.7 Å². The highest BCUT2D eigenvalue weighted by Gasteiger charge is 2.21. The second kappa shape index (κ2) is 11.4. The van der Waals surface area contributed by atoms with E-state index >= 15 is 0 Å². The Morgan fingerprint density at radius 3 is 1.97 bits per heavy atom. The number of hydrogen-bond acceptors (Lipinski definition) is 3. The summed E-state index contributed by atoms with van der Waals surface area (Å²) in [5.41, 5.74) is 2.13. The number of rotatable bonds is 10. The van der Waals surface area contributed by atoms with E-state index in [0.717, 1.165) is 17.5 Å². The number of nitrogens with one attached hydrogen (secondary N) is 2. The molecule has 1 atom stereocenters. The molecule has 0 saturated carbocycles. The van der Waals surface area contributed by atoms with Gasteiger partial charge in [0.15, 0.2) is 6.61 Å². The molecule has 0 spiro atoms. The van der Waals surface area contributed by atoms with Crippen LogP contribution in [0.3, 0.4) is 0 Å². The van der Waals surface area contributed by atoms with Crippen LogP contribution in [-0.2, 0) is 22.4 Å². The molecule has 0 bridgehead atoms. The summed E-state index contributed by atoms with van der Waals surface area (Å²) < 4.78 is 5.49. The first kappa shape index (κ1) is 21.1. The Hall–Kier alpha value is -3.60. The van der Waals surface area contributed by atoms with Crippen molar-refractivity contribution in [3.05, 3.63) is 102 Å². The number of ether oxygens (including phenoxy) is 1. The lowest BCUT2D eigenvalue weighted by molar-refractivity contribution is -0.130. The lowest BCUT2D eigenvalue weighted by Gasteiger charge is -2.19. The summed E-state index contributed by atoms with van der Waals surface area (Å²) in [5.74, 6) is 0.0698. The highest BCUT2D eigenvalue weighted by atomic mass is 16.5. The lowest BCUT2D eigenvalue weighted by atomic mass is 10.0. The van der Waals surface area contributed by atoms with Gasteiger partial charge in [0.25, 0.3) is 5.91 Å². The number of hydrogen-bond donors (Lipinski definition) is 2. The Morgan fingerprint density at radius 2 is 1.33 bits per heavy atom. The van der Waals surface area contributed by atoms with E-state index < -0.39 is 6.04 Å². The first-order valence-electron chi connectivity index (χ1n) is 10.0. The Kier molecular flexibility index (Phi) is 8.03. The van der Waals surface area contributed by atoms with Crippen LogP contribution in [0, 0.1) is 0 Å². The quantitative estimate of drug-likeness (QED) is 0.547. The number of benzene rings is 3. The Bertz CT molecular complexity index is 915. The van der Waals surface area contributed by atoms with E-state index in [1.54, 1.807) is 12.1 Å². The maximum Gasteiger partial charge on any atom is 0.258 e. The minimum absolute atomic E-state index is 0.146. The van der Waals surface area contributed by atoms with E-state index in [-0.39, 0.29) is 18.4 Å². The van der Waals surface area contributed by atoms with Crippen LogP contribution in [0.15, 0.2) is 91.0 Å². The first-order valence-corrected chi connectivity index (χ1v) is 10.0. The van der Waals surface area contributed by atoms with Gasteiger partial charge in [-0.15, -0.1) is 0 Å². The van der Waals surface area contributed by atoms with Gasteiger partial charge in [0.1, 0.15) is 11.8 Å². The van der Waals surface area contributed by atoms with Crippen LogP contribution in [0.5, 0.6) is 5.75 Å². The van der Waals surface area contributed by atoms with Gasteiger partial charge in [-0.25, -0.2) is 0 Å². The normalized spacial score (nSPS) is 11.3. The SMILES string of the molecule is O=C(COc1ccccc1)NC(Cc1ccccc1)C(=O)NCCc1ccccc1. The molecule has 3 aromatic rings. The minimum Gasteiger partial charge on any atom is -0.484 e. The zero-order chi connectivity index (χ0) is 21.0. The Labute approximate surface area is 177 Å². The molecule has 1 unspecified atom stereocenters. The van der Waals surface area contributed by atoms with Crippen LogP contribution < -0.4 is 15.4 Å². The van der Waals surface area contributed by atoms with Gasteiger partial charge in [-0.2, -0.15) is 0 Å². The van der Waals surface area contributed by atoms with Crippen LogP contribution in [0.4, 0.5) is 0 Å². The summed E-state index contributed by atoms with van der Waals surface area (Å²) in [5, 5.41) is 5.74. The van der Waals surface area contributed by atoms with Crippen LogP contribution in [0.2, 0.25) is 0 Å². The van der Waals surface area contributed by atoms with Gasteiger partial charge in [0, 0.05) is 13.0 Å². The Morgan fingerprint density at radius 1 is 0.767 bits per heavy atom. The number of carbonyl (C=O) groups is 2. The van der Waals surface area contributed by atoms with Gasteiger partial charge in [0.05, 0.1) is 0 Å². The molecule has 0 radical (unpaired) electrons. The van der Waals surface area contributed by atoms with Crippen molar-refractivity contribution in [3.8, 4) is 5.75 Å². The van der Waals surface area contributed by atoms with Crippen molar-refractivity contribution in [2.24, 2.45) is 0 Å². The smallest absolute Gasteiger partial charge is 0.258 e. The molecule has 2 N–H and O–H groups in total. The molecule has 154 valence electrons. The molecule has 0 aliphatic carbocycles. The summed E-state index contributed by atoms with van der Waals surface area (Å²) in [7, 11) is 0. The Balaban J connectivity index is 1.56. The molecule has 2 amide bonds. The van der Waals surface area contributed by atoms with Crippen molar-refractivity contribution in [3.63, 3.8) is 0 Å². The van der Waals surface area contributed by atoms with Crippen molar-refractivity contribution in [2.45, 2.75) is 18.9 Å². The highest BCUT2D eigenvalue weighted by molar-refractivity contribution is 5.88. The van der Waals surface area contributed by atoms with E-state index in [4.69, 9.17) is 4.74 Å². The summed E-state index contributed by atoms with van der Waals surface area (Å²) in [4.78, 5) is 25.2. The molecule has 3 rings (SSSR count). The maximum atomic E-state index is 12.8. The second-order valence-electron chi connectivity index (χ2n) is 6.94. The number of amides is 2. The molecule has 0 saturated heterocycles. The van der Waals surface area contributed by atoms with Crippen molar-refractivity contribution in [1.82, 2.24) is 10.6 Å². The third-order valence-corrected chi connectivity index (χ3v) is 4.60. The number of carbonyl (C=O) groups excluding carboxylic acids is 2. The largest absolute Gasteiger partial charge is 0.484 e. The van der Waals surface area contributed by atoms with E-state index in [9.17, 15) is 9.59 Å². The molecule has 0 fully saturated rings. The zero-order valence-electron chi connectivity index (χ0n) is 16.8. The molecule has 5 nitrogen and oxygen atoms in total. The van der Waals surface area contributed by atoms with E-state index in [1.807, 2.05) is 78.9 Å². The van der Waals surface area contributed by atoms with Crippen molar-refractivity contribution < 1.29 is 14.3 Å². The second-order valence-corrected chi connectivity index (χ2v) is 6.94. The third-order valence-electron chi connectivity index (χ3n) is 4.60. The van der Waals surface area contributed by atoms with Crippen LogP contribution in [-0.4, -0.2) is 31.0 Å². The minimum atomic E-state index is -0.671. The average Bonchev–Trinajstić information content (AvgIpc) is 2.79. The molecule has 0 aliphatic heterocycles. The van der Waals surface area contributed by atoms with Crippen molar-refractivity contribution in [1.29, 1.82) is 0 Å². The molecule has 0 aromatic heterocycles. The fourth-order valence-corrected chi connectivity index (χ4v) is 3.06. The standard InChI is InChI=1S/C25H26N2O3/c28-24(19-30-22-14-8-3-9-15-22)27-23(18-21-12-6-2-7-13-21)25(29)26-17-16-20-10-4-1-5-11-20/h1-15,23H,16-19H2,(H,26,29)(H,27,28). The predicted octanol–water partition coefficient (Wildman–Crippen LogP) is 3.15. The van der Waals surface area contributed by atoms with E-state index in [1.165, 1.54) is 0 Å². The lowest BCUT2D eigenvalue weighted by Crippen LogP contribution is -2.49. The van der Waals surface area contributed by atoms with Gasteiger partial charge in [-0.05, 0) is 29.7 Å². The van der Waals surface area contributed by atoms with Crippen LogP contribution >= 0.6 is 0 Å². The number of para-hydroxylation sites is 1. The molecule has 3 aromatic carbocycles. The fraction of sp³-hybridized carbons (Fsp3) is 0.200. The maximum absolute atomic E-state index is 12.8. The van der Waals surface area contributed by atoms with Crippen LogP contribution in [0.1, 0.15) is 11.1 Å². The van der Waals surface area contributed by atoms with Crippen LogP contribution in [0.25, 0.3) is 0 Å². The van der Waals surface area contributed by atoms with Gasteiger partial charge < -0.3 is 15.4 Å². The summed E-state index contributed by atoms with van der Waals surface area (Å²) in [6.07, 6.45) is 1.14. The fourth-order valence-electron chi connectivity index (χ4n) is 3.06. The molecule has 30 heavy (non-hydrogen) atoms. The monoisotopic (exact) mass is 402 g/mol. The molecular formula is C25H26N2O3. The summed E-state index contributed by atoms with van der Waals surface area (Å²) >= 11 is 0. The van der Waals surface area contributed by atoms with Gasteiger partial charge >= 0.3 is 0 Å². The van der Waals surface area contributed by atoms with Gasteiger partial charge in [-0.1, -0.05) is 78.9 Å². The molecule has 0 aliphatic rings. The third kappa shape index (κ3) is 7.09. The van der Waals surface area contributed by atoms with Crippen molar-refractivity contribution >= 4 is 11.8 Å². The van der Waals surface area contributed by atoms with Gasteiger partial charge in [0.2, 0.25) is 5.91 Å². The molecule has 0 heterocycles. The average molecular weight is 402 g/mol. The zero-order valence-corrected chi connectivity index (χ0v) is 16.8. The molecule has 5 heteroatoms.